The van der Waals surface area contributed by atoms with Gasteiger partial charge in [-0.15, -0.1) is 0 Å². The monoisotopic (exact) mass is 321 g/mol. The molecule has 0 aliphatic carbocycles. The Labute approximate surface area is 121 Å². The highest BCUT2D eigenvalue weighted by atomic mass is 79.9. The van der Waals surface area contributed by atoms with Gasteiger partial charge in [-0.3, -0.25) is 16.3 Å². The maximum absolute atomic E-state index is 5.66. The highest BCUT2D eigenvalue weighted by Gasteiger charge is 2.12. The molecule has 0 fully saturated rings. The predicted octanol–water partition coefficient (Wildman–Crippen LogP) is 2.60. The number of ether oxygens (including phenoxy) is 1. The van der Waals surface area contributed by atoms with Crippen molar-refractivity contribution in [1.82, 2.24) is 10.4 Å². The Morgan fingerprint density at radius 2 is 2.05 bits per heavy atom. The topological polar surface area (TPSA) is 60.2 Å². The minimum Gasteiger partial charge on any atom is -0.496 e. The predicted molar refractivity (Wildman–Crippen MR) is 78.7 cm³/mol. The third-order valence-electron chi connectivity index (χ3n) is 2.97. The van der Waals surface area contributed by atoms with Crippen LogP contribution in [0.25, 0.3) is 0 Å². The molecule has 0 bridgehead atoms. The first-order valence-corrected chi connectivity index (χ1v) is 6.72. The number of hydrogen-bond acceptors (Lipinski definition) is 4. The number of methoxy groups -OCH3 is 1. The van der Waals surface area contributed by atoms with Gasteiger partial charge in [-0.1, -0.05) is 6.07 Å². The molecule has 0 saturated carbocycles. The fourth-order valence-corrected chi connectivity index (χ4v) is 2.49. The number of nitrogens with zero attached hydrogens (tertiary/aromatic N) is 1. The quantitative estimate of drug-likeness (QED) is 0.656. The lowest BCUT2D eigenvalue weighted by atomic mass is 10.00. The fraction of sp³-hybridized carbons (Fsp3) is 0.214. The van der Waals surface area contributed by atoms with Crippen LogP contribution in [0.4, 0.5) is 0 Å². The van der Waals surface area contributed by atoms with E-state index in [-0.39, 0.29) is 6.04 Å². The van der Waals surface area contributed by atoms with E-state index < -0.39 is 0 Å². The number of benzene rings is 1. The van der Waals surface area contributed by atoms with Crippen LogP contribution < -0.4 is 16.0 Å². The van der Waals surface area contributed by atoms with Crippen LogP contribution in [0.2, 0.25) is 0 Å². The van der Waals surface area contributed by atoms with Crippen LogP contribution in [0.3, 0.4) is 0 Å². The summed E-state index contributed by atoms with van der Waals surface area (Å²) in [4.78, 5) is 4.01. The average Bonchev–Trinajstić information content (AvgIpc) is 2.46. The average molecular weight is 322 g/mol. The van der Waals surface area contributed by atoms with E-state index in [1.807, 2.05) is 30.3 Å². The Hall–Kier alpha value is -1.43. The van der Waals surface area contributed by atoms with Crippen molar-refractivity contribution >= 4 is 15.9 Å². The molecule has 1 atom stereocenters. The SMILES string of the molecule is COc1ccc(C(Cc2ccncc2)NN)cc1Br. The van der Waals surface area contributed by atoms with Crippen LogP contribution >= 0.6 is 15.9 Å². The minimum atomic E-state index is 0.0459. The molecule has 0 saturated heterocycles. The van der Waals surface area contributed by atoms with Crippen LogP contribution in [0.15, 0.2) is 47.2 Å². The molecule has 2 aromatic rings. The van der Waals surface area contributed by atoms with Gasteiger partial charge in [-0.05, 0) is 57.7 Å². The van der Waals surface area contributed by atoms with Crippen LogP contribution in [-0.4, -0.2) is 12.1 Å². The van der Waals surface area contributed by atoms with Gasteiger partial charge < -0.3 is 4.74 Å². The van der Waals surface area contributed by atoms with Crippen LogP contribution in [0, 0.1) is 0 Å². The molecule has 4 nitrogen and oxygen atoms in total. The van der Waals surface area contributed by atoms with E-state index in [0.29, 0.717) is 0 Å². The van der Waals surface area contributed by atoms with Gasteiger partial charge in [-0.2, -0.15) is 0 Å². The van der Waals surface area contributed by atoms with Crippen molar-refractivity contribution in [3.63, 3.8) is 0 Å². The number of aromatic nitrogens is 1. The second kappa shape index (κ2) is 6.65. The van der Waals surface area contributed by atoms with Crippen LogP contribution in [-0.2, 0) is 6.42 Å². The van der Waals surface area contributed by atoms with E-state index in [9.17, 15) is 0 Å². The molecule has 0 spiro atoms. The summed E-state index contributed by atoms with van der Waals surface area (Å²) in [5.74, 6) is 6.47. The van der Waals surface area contributed by atoms with Gasteiger partial charge in [0.1, 0.15) is 5.75 Å². The molecule has 1 aromatic carbocycles. The zero-order valence-electron chi connectivity index (χ0n) is 10.6. The van der Waals surface area contributed by atoms with Crippen molar-refractivity contribution in [3.8, 4) is 5.75 Å². The Morgan fingerprint density at radius 1 is 1.32 bits per heavy atom. The van der Waals surface area contributed by atoms with Gasteiger partial charge in [0.15, 0.2) is 0 Å². The minimum absolute atomic E-state index is 0.0459. The summed E-state index contributed by atoms with van der Waals surface area (Å²) < 4.78 is 6.14. The number of hydrazine groups is 1. The number of hydrogen-bond donors (Lipinski definition) is 2. The molecule has 3 N–H and O–H groups in total. The highest BCUT2D eigenvalue weighted by Crippen LogP contribution is 2.28. The zero-order chi connectivity index (χ0) is 13.7. The maximum Gasteiger partial charge on any atom is 0.133 e. The normalized spacial score (nSPS) is 12.2. The molecule has 100 valence electrons. The molecule has 0 amide bonds. The van der Waals surface area contributed by atoms with E-state index >= 15 is 0 Å². The van der Waals surface area contributed by atoms with Crippen LogP contribution in [0.5, 0.6) is 5.75 Å². The van der Waals surface area contributed by atoms with E-state index in [2.05, 4.69) is 26.3 Å². The smallest absolute Gasteiger partial charge is 0.133 e. The Kier molecular flexibility index (Phi) is 4.90. The first-order chi connectivity index (χ1) is 9.24. The summed E-state index contributed by atoms with van der Waals surface area (Å²) >= 11 is 3.49. The molecule has 0 aliphatic rings. The van der Waals surface area contributed by atoms with Crippen molar-refractivity contribution in [2.45, 2.75) is 12.5 Å². The number of halogens is 1. The molecule has 0 aliphatic heterocycles. The molecule has 1 aromatic heterocycles. The second-order valence-electron chi connectivity index (χ2n) is 4.17. The van der Waals surface area contributed by atoms with Gasteiger partial charge in [0, 0.05) is 12.4 Å². The third-order valence-corrected chi connectivity index (χ3v) is 3.59. The molecule has 1 heterocycles. The van der Waals surface area contributed by atoms with E-state index in [0.717, 1.165) is 22.2 Å². The van der Waals surface area contributed by atoms with Gasteiger partial charge in [0.2, 0.25) is 0 Å². The first-order valence-electron chi connectivity index (χ1n) is 5.93. The van der Waals surface area contributed by atoms with Crippen molar-refractivity contribution in [1.29, 1.82) is 0 Å². The van der Waals surface area contributed by atoms with Crippen molar-refractivity contribution in [2.24, 2.45) is 5.84 Å². The second-order valence-corrected chi connectivity index (χ2v) is 5.03. The molecule has 0 radical (unpaired) electrons. The lowest BCUT2D eigenvalue weighted by Crippen LogP contribution is -2.29. The number of pyridine rings is 1. The molecule has 5 heteroatoms. The van der Waals surface area contributed by atoms with Crippen LogP contribution in [0.1, 0.15) is 17.2 Å². The maximum atomic E-state index is 5.66. The largest absolute Gasteiger partial charge is 0.496 e. The zero-order valence-corrected chi connectivity index (χ0v) is 12.2. The summed E-state index contributed by atoms with van der Waals surface area (Å²) in [5.41, 5.74) is 5.14. The number of rotatable bonds is 5. The number of nitrogens with one attached hydrogen (secondary N) is 1. The van der Waals surface area contributed by atoms with Crippen molar-refractivity contribution in [3.05, 3.63) is 58.3 Å². The summed E-state index contributed by atoms with van der Waals surface area (Å²) in [6.45, 7) is 0. The Morgan fingerprint density at radius 3 is 2.63 bits per heavy atom. The van der Waals surface area contributed by atoms with Gasteiger partial charge >= 0.3 is 0 Å². The van der Waals surface area contributed by atoms with Gasteiger partial charge in [-0.25, -0.2) is 0 Å². The fourth-order valence-electron chi connectivity index (χ4n) is 1.93. The highest BCUT2D eigenvalue weighted by molar-refractivity contribution is 9.10. The molecular formula is C14H16BrN3O. The summed E-state index contributed by atoms with van der Waals surface area (Å²) in [6.07, 6.45) is 4.37. The van der Waals surface area contributed by atoms with Gasteiger partial charge in [0.25, 0.3) is 0 Å². The molecule has 2 rings (SSSR count). The third kappa shape index (κ3) is 3.53. The standard InChI is InChI=1S/C14H16BrN3O/c1-19-14-3-2-11(9-12(14)15)13(18-16)8-10-4-6-17-7-5-10/h2-7,9,13,18H,8,16H2,1H3. The first kappa shape index (κ1) is 14.0. The molecular weight excluding hydrogens is 306 g/mol. The van der Waals surface area contributed by atoms with Crippen molar-refractivity contribution in [2.75, 3.05) is 7.11 Å². The van der Waals surface area contributed by atoms with E-state index in [4.69, 9.17) is 10.6 Å². The lowest BCUT2D eigenvalue weighted by molar-refractivity contribution is 0.411. The summed E-state index contributed by atoms with van der Waals surface area (Å²) in [6, 6.07) is 9.98. The van der Waals surface area contributed by atoms with E-state index in [1.165, 1.54) is 5.56 Å². The Bertz CT molecular complexity index is 533. The lowest BCUT2D eigenvalue weighted by Gasteiger charge is -2.17. The summed E-state index contributed by atoms with van der Waals surface area (Å²) in [7, 11) is 1.65. The molecule has 19 heavy (non-hydrogen) atoms. The Balaban J connectivity index is 2.20. The number of nitrogens with two attached hydrogens (primary N) is 1. The molecule has 1 unspecified atom stereocenters. The van der Waals surface area contributed by atoms with Crippen molar-refractivity contribution < 1.29 is 4.74 Å². The summed E-state index contributed by atoms with van der Waals surface area (Å²) in [5, 5.41) is 0. The van der Waals surface area contributed by atoms with E-state index in [1.54, 1.807) is 19.5 Å². The van der Waals surface area contributed by atoms with Gasteiger partial charge in [0.05, 0.1) is 17.6 Å².